The second kappa shape index (κ2) is 9.04. The first-order valence-corrected chi connectivity index (χ1v) is 9.80. The third-order valence-corrected chi connectivity index (χ3v) is 5.90. The van der Waals surface area contributed by atoms with Crippen LogP contribution in [0, 0.1) is 6.92 Å². The first-order chi connectivity index (χ1) is 13.2. The summed E-state index contributed by atoms with van der Waals surface area (Å²) in [5.41, 5.74) is 4.31. The quantitative estimate of drug-likeness (QED) is 0.570. The van der Waals surface area contributed by atoms with Crippen molar-refractivity contribution in [3.05, 3.63) is 107 Å². The molecule has 0 spiro atoms. The molecule has 1 aliphatic heterocycles. The van der Waals surface area contributed by atoms with Crippen LogP contribution in [0.25, 0.3) is 0 Å². The molecule has 0 aliphatic carbocycles. The van der Waals surface area contributed by atoms with Gasteiger partial charge < -0.3 is 5.11 Å². The molecule has 4 rings (SSSR count). The van der Waals surface area contributed by atoms with E-state index >= 15 is 0 Å². The number of benzene rings is 3. The van der Waals surface area contributed by atoms with Gasteiger partial charge in [0, 0.05) is 13.1 Å². The van der Waals surface area contributed by atoms with E-state index in [0.29, 0.717) is 0 Å². The van der Waals surface area contributed by atoms with Crippen molar-refractivity contribution in [3.63, 3.8) is 0 Å². The van der Waals surface area contributed by atoms with Crippen LogP contribution in [0.15, 0.2) is 84.9 Å². The summed E-state index contributed by atoms with van der Waals surface area (Å²) in [6.07, 6.45) is 1.51. The Balaban J connectivity index is 0.00000225. The van der Waals surface area contributed by atoms with E-state index in [0.717, 1.165) is 31.5 Å². The predicted molar refractivity (Wildman–Crippen MR) is 121 cm³/mol. The first kappa shape index (κ1) is 20.8. The van der Waals surface area contributed by atoms with Crippen LogP contribution in [0.5, 0.6) is 0 Å². The Labute approximate surface area is 178 Å². The minimum absolute atomic E-state index is 0. The molecule has 1 fully saturated rings. The van der Waals surface area contributed by atoms with Crippen molar-refractivity contribution in [2.45, 2.75) is 31.4 Å². The van der Waals surface area contributed by atoms with Crippen LogP contribution in [-0.4, -0.2) is 23.1 Å². The summed E-state index contributed by atoms with van der Waals surface area (Å²) in [6.45, 7) is 3.94. The van der Waals surface area contributed by atoms with Gasteiger partial charge in [-0.2, -0.15) is 0 Å². The lowest BCUT2D eigenvalue weighted by atomic mass is 9.83. The van der Waals surface area contributed by atoms with Gasteiger partial charge in [0.2, 0.25) is 0 Å². The standard InChI is InChI=1S/C25H27NO.BrH/c1-20-10-8-9-15-23(20)24(21-11-4-2-5-12-21)26-18-16-25(27,17-19-26)22-13-6-3-7-14-22;/h2-15,24,27H,16-19H2,1H3;1H. The van der Waals surface area contributed by atoms with E-state index in [9.17, 15) is 5.11 Å². The normalized spacial score (nSPS) is 17.5. The van der Waals surface area contributed by atoms with E-state index in [1.165, 1.54) is 16.7 Å². The van der Waals surface area contributed by atoms with Crippen molar-refractivity contribution in [3.8, 4) is 0 Å². The van der Waals surface area contributed by atoms with Crippen molar-refractivity contribution < 1.29 is 5.11 Å². The zero-order chi connectivity index (χ0) is 18.7. The van der Waals surface area contributed by atoms with E-state index in [1.54, 1.807) is 0 Å². The lowest BCUT2D eigenvalue weighted by molar-refractivity contribution is -0.0325. The molecule has 1 atom stereocenters. The Bertz CT molecular complexity index is 873. The maximum atomic E-state index is 11.2. The third-order valence-electron chi connectivity index (χ3n) is 5.90. The van der Waals surface area contributed by atoms with Gasteiger partial charge in [0.25, 0.3) is 0 Å². The number of hydrogen-bond donors (Lipinski definition) is 1. The van der Waals surface area contributed by atoms with E-state index in [1.807, 2.05) is 30.3 Å². The molecule has 28 heavy (non-hydrogen) atoms. The zero-order valence-electron chi connectivity index (χ0n) is 16.3. The number of piperidine rings is 1. The molecule has 0 radical (unpaired) electrons. The smallest absolute Gasteiger partial charge is 0.0920 e. The van der Waals surface area contributed by atoms with Gasteiger partial charge in [0.15, 0.2) is 0 Å². The molecular weight excluding hydrogens is 410 g/mol. The number of aliphatic hydroxyl groups is 1. The third kappa shape index (κ3) is 4.22. The minimum Gasteiger partial charge on any atom is -0.385 e. The van der Waals surface area contributed by atoms with Crippen LogP contribution < -0.4 is 0 Å². The molecule has 0 saturated carbocycles. The van der Waals surface area contributed by atoms with Crippen LogP contribution in [0.4, 0.5) is 0 Å². The molecule has 0 bridgehead atoms. The second-order valence-corrected chi connectivity index (χ2v) is 7.60. The van der Waals surface area contributed by atoms with Crippen LogP contribution >= 0.6 is 17.0 Å². The van der Waals surface area contributed by atoms with E-state index in [4.69, 9.17) is 0 Å². The molecule has 1 aliphatic rings. The van der Waals surface area contributed by atoms with Crippen molar-refractivity contribution in [2.75, 3.05) is 13.1 Å². The van der Waals surface area contributed by atoms with Crippen LogP contribution in [0.1, 0.15) is 41.1 Å². The molecular formula is C25H28BrNO. The topological polar surface area (TPSA) is 23.5 Å². The molecule has 2 nitrogen and oxygen atoms in total. The first-order valence-electron chi connectivity index (χ1n) is 9.80. The highest BCUT2D eigenvalue weighted by Gasteiger charge is 2.36. The van der Waals surface area contributed by atoms with Crippen molar-refractivity contribution >= 4 is 17.0 Å². The van der Waals surface area contributed by atoms with Gasteiger partial charge in [-0.25, -0.2) is 0 Å². The Kier molecular flexibility index (Phi) is 6.71. The van der Waals surface area contributed by atoms with Crippen molar-refractivity contribution in [1.29, 1.82) is 0 Å². The maximum absolute atomic E-state index is 11.2. The molecule has 1 N–H and O–H groups in total. The fraction of sp³-hybridized carbons (Fsp3) is 0.280. The summed E-state index contributed by atoms with van der Waals surface area (Å²) in [4.78, 5) is 2.52. The average Bonchev–Trinajstić information content (AvgIpc) is 2.73. The van der Waals surface area contributed by atoms with Gasteiger partial charge in [0.1, 0.15) is 0 Å². The summed E-state index contributed by atoms with van der Waals surface area (Å²) in [7, 11) is 0. The molecule has 0 amide bonds. The molecule has 1 saturated heterocycles. The lowest BCUT2D eigenvalue weighted by Gasteiger charge is -2.42. The van der Waals surface area contributed by atoms with Gasteiger partial charge >= 0.3 is 0 Å². The number of aryl methyl sites for hydroxylation is 1. The summed E-state index contributed by atoms with van der Waals surface area (Å²) >= 11 is 0. The van der Waals surface area contributed by atoms with E-state index < -0.39 is 5.60 Å². The zero-order valence-corrected chi connectivity index (χ0v) is 18.0. The van der Waals surface area contributed by atoms with Gasteiger partial charge in [-0.3, -0.25) is 4.90 Å². The second-order valence-electron chi connectivity index (χ2n) is 7.60. The number of nitrogens with zero attached hydrogens (tertiary/aromatic N) is 1. The van der Waals surface area contributed by atoms with Crippen molar-refractivity contribution in [1.82, 2.24) is 4.90 Å². The summed E-state index contributed by atoms with van der Waals surface area (Å²) in [5.74, 6) is 0. The number of halogens is 1. The molecule has 3 aromatic rings. The van der Waals surface area contributed by atoms with Gasteiger partial charge in [-0.1, -0.05) is 84.9 Å². The molecule has 146 valence electrons. The average molecular weight is 438 g/mol. The number of rotatable bonds is 4. The van der Waals surface area contributed by atoms with Gasteiger partial charge in [-0.15, -0.1) is 17.0 Å². The predicted octanol–water partition coefficient (Wildman–Crippen LogP) is 5.65. The molecule has 0 aromatic heterocycles. The van der Waals surface area contributed by atoms with E-state index in [2.05, 4.69) is 66.4 Å². The van der Waals surface area contributed by atoms with Crippen LogP contribution in [0.3, 0.4) is 0 Å². The van der Waals surface area contributed by atoms with Crippen molar-refractivity contribution in [2.24, 2.45) is 0 Å². The molecule has 1 heterocycles. The highest BCUT2D eigenvalue weighted by molar-refractivity contribution is 8.93. The lowest BCUT2D eigenvalue weighted by Crippen LogP contribution is -2.44. The summed E-state index contributed by atoms with van der Waals surface area (Å²) in [5, 5.41) is 11.2. The Hall–Kier alpha value is -1.94. The SMILES string of the molecule is Br.Cc1ccccc1C(c1ccccc1)N1CCC(O)(c2ccccc2)CC1. The van der Waals surface area contributed by atoms with Crippen LogP contribution in [0.2, 0.25) is 0 Å². The molecule has 1 unspecified atom stereocenters. The van der Waals surface area contributed by atoms with Gasteiger partial charge in [-0.05, 0) is 42.0 Å². The monoisotopic (exact) mass is 437 g/mol. The number of likely N-dealkylation sites (tertiary alicyclic amines) is 1. The van der Waals surface area contributed by atoms with E-state index in [-0.39, 0.29) is 23.0 Å². The fourth-order valence-corrected chi connectivity index (χ4v) is 4.31. The molecule has 3 aromatic carbocycles. The highest BCUT2D eigenvalue weighted by Crippen LogP contribution is 2.38. The summed E-state index contributed by atoms with van der Waals surface area (Å²) in [6, 6.07) is 29.8. The largest absolute Gasteiger partial charge is 0.385 e. The number of hydrogen-bond acceptors (Lipinski definition) is 2. The maximum Gasteiger partial charge on any atom is 0.0920 e. The Morgan fingerprint density at radius 3 is 1.93 bits per heavy atom. The van der Waals surface area contributed by atoms with Gasteiger partial charge in [0.05, 0.1) is 11.6 Å². The fourth-order valence-electron chi connectivity index (χ4n) is 4.31. The highest BCUT2D eigenvalue weighted by atomic mass is 79.9. The Morgan fingerprint density at radius 1 is 0.786 bits per heavy atom. The Morgan fingerprint density at radius 2 is 1.32 bits per heavy atom. The summed E-state index contributed by atoms with van der Waals surface area (Å²) < 4.78 is 0. The minimum atomic E-state index is -0.718. The van der Waals surface area contributed by atoms with Crippen LogP contribution in [-0.2, 0) is 5.60 Å². The molecule has 3 heteroatoms.